The lowest BCUT2D eigenvalue weighted by Crippen LogP contribution is -2.49. The largest absolute Gasteiger partial charge is 0.488 e. The number of fused-ring (bicyclic) bond motifs is 2. The Morgan fingerprint density at radius 3 is 2.33 bits per heavy atom. The van der Waals surface area contributed by atoms with Gasteiger partial charge < -0.3 is 34.9 Å². The van der Waals surface area contributed by atoms with E-state index in [2.05, 4.69) is 10.6 Å². The maximum Gasteiger partial charge on any atom is 0.416 e. The van der Waals surface area contributed by atoms with Crippen LogP contribution in [0.4, 0.5) is 29.3 Å². The van der Waals surface area contributed by atoms with Crippen LogP contribution in [0.3, 0.4) is 0 Å². The van der Waals surface area contributed by atoms with E-state index in [1.54, 1.807) is 42.2 Å². The van der Waals surface area contributed by atoms with Crippen molar-refractivity contribution >= 4 is 23.3 Å². The Hall–Kier alpha value is -4.49. The van der Waals surface area contributed by atoms with E-state index in [0.29, 0.717) is 53.8 Å². The standard InChI is InChI=1S/C32H35F3N4O6/c1-19-14-39(20(2)17-40)30(41)25-12-23(36-31(42)37-24-9-11-27-28(13-24)44-18-43-27)8-10-26(25)45-29(19)16-38(3)15-21-4-6-22(7-5-21)32(33,34)35/h4-13,19-20,29,40H,14-18H2,1-3H3,(H2,36,37,42)/t19-,20+,29+/m1/s1. The molecule has 0 fully saturated rings. The van der Waals surface area contributed by atoms with Gasteiger partial charge in [-0.2, -0.15) is 13.2 Å². The number of aliphatic hydroxyl groups excluding tert-OH is 1. The molecule has 0 aliphatic carbocycles. The zero-order chi connectivity index (χ0) is 32.3. The van der Waals surface area contributed by atoms with E-state index in [0.717, 1.165) is 12.1 Å². The monoisotopic (exact) mass is 628 g/mol. The minimum atomic E-state index is -4.40. The zero-order valence-corrected chi connectivity index (χ0v) is 25.1. The first kappa shape index (κ1) is 31.9. The summed E-state index contributed by atoms with van der Waals surface area (Å²) in [5.74, 6) is 0.910. The quantitative estimate of drug-likeness (QED) is 0.305. The number of aliphatic hydroxyl groups is 1. The maximum atomic E-state index is 13.7. The lowest BCUT2D eigenvalue weighted by molar-refractivity contribution is -0.137. The molecular weight excluding hydrogens is 593 g/mol. The normalized spacial score (nSPS) is 18.5. The average molecular weight is 629 g/mol. The number of ether oxygens (including phenoxy) is 3. The number of alkyl halides is 3. The van der Waals surface area contributed by atoms with Gasteiger partial charge in [0, 0.05) is 43.0 Å². The van der Waals surface area contributed by atoms with E-state index in [4.69, 9.17) is 14.2 Å². The summed E-state index contributed by atoms with van der Waals surface area (Å²) in [7, 11) is 1.85. The van der Waals surface area contributed by atoms with Crippen LogP contribution in [0.5, 0.6) is 17.2 Å². The van der Waals surface area contributed by atoms with Crippen molar-refractivity contribution < 1.29 is 42.1 Å². The number of benzene rings is 3. The van der Waals surface area contributed by atoms with E-state index in [1.165, 1.54) is 18.2 Å². The van der Waals surface area contributed by atoms with Gasteiger partial charge in [-0.1, -0.05) is 19.1 Å². The number of nitrogens with one attached hydrogen (secondary N) is 2. The third-order valence-corrected chi connectivity index (χ3v) is 7.78. The lowest BCUT2D eigenvalue weighted by Gasteiger charge is -2.38. The van der Waals surface area contributed by atoms with Gasteiger partial charge in [-0.05, 0) is 62.0 Å². The van der Waals surface area contributed by atoms with Crippen LogP contribution in [0.2, 0.25) is 0 Å². The first-order valence-corrected chi connectivity index (χ1v) is 14.5. The number of hydrogen-bond acceptors (Lipinski definition) is 7. The van der Waals surface area contributed by atoms with Gasteiger partial charge in [0.15, 0.2) is 11.5 Å². The summed E-state index contributed by atoms with van der Waals surface area (Å²) in [5.41, 5.74) is 1.07. The van der Waals surface area contributed by atoms with E-state index < -0.39 is 29.9 Å². The summed E-state index contributed by atoms with van der Waals surface area (Å²) in [6.45, 7) is 4.65. The van der Waals surface area contributed by atoms with Crippen molar-refractivity contribution in [2.24, 2.45) is 5.92 Å². The van der Waals surface area contributed by atoms with Crippen LogP contribution >= 0.6 is 0 Å². The number of carbonyl (C=O) groups excluding carboxylic acids is 2. The fourth-order valence-corrected chi connectivity index (χ4v) is 5.27. The molecule has 2 aliphatic heterocycles. The maximum absolute atomic E-state index is 13.7. The number of halogens is 3. The van der Waals surface area contributed by atoms with Crippen LogP contribution in [0.25, 0.3) is 0 Å². The van der Waals surface area contributed by atoms with Gasteiger partial charge in [-0.3, -0.25) is 9.69 Å². The molecule has 0 unspecified atom stereocenters. The van der Waals surface area contributed by atoms with Gasteiger partial charge in [0.2, 0.25) is 6.79 Å². The van der Waals surface area contributed by atoms with E-state index in [-0.39, 0.29) is 30.8 Å². The smallest absolute Gasteiger partial charge is 0.416 e. The minimum absolute atomic E-state index is 0.108. The first-order valence-electron chi connectivity index (χ1n) is 14.5. The van der Waals surface area contributed by atoms with Crippen LogP contribution in [-0.4, -0.2) is 72.5 Å². The van der Waals surface area contributed by atoms with Crippen LogP contribution in [-0.2, 0) is 12.7 Å². The second kappa shape index (κ2) is 13.2. The number of hydrogen-bond donors (Lipinski definition) is 3. The summed E-state index contributed by atoms with van der Waals surface area (Å²) < 4.78 is 56.0. The Labute approximate surface area is 258 Å². The Morgan fingerprint density at radius 2 is 1.67 bits per heavy atom. The number of likely N-dealkylation sites (N-methyl/N-ethyl adjacent to an activating group) is 1. The zero-order valence-electron chi connectivity index (χ0n) is 25.1. The topological polar surface area (TPSA) is 113 Å². The summed E-state index contributed by atoms with van der Waals surface area (Å²) in [5, 5.41) is 15.4. The fourth-order valence-electron chi connectivity index (χ4n) is 5.27. The Bertz CT molecular complexity index is 1530. The molecule has 45 heavy (non-hydrogen) atoms. The third kappa shape index (κ3) is 7.60. The SMILES string of the molecule is C[C@@H]1CN([C@@H](C)CO)C(=O)c2cc(NC(=O)Nc3ccc4c(c3)OCO4)ccc2O[C@H]1CN(C)Cc1ccc(C(F)(F)F)cc1. The highest BCUT2D eigenvalue weighted by Gasteiger charge is 2.34. The first-order chi connectivity index (χ1) is 21.4. The second-order valence-corrected chi connectivity index (χ2v) is 11.4. The Kier molecular flexibility index (Phi) is 9.40. The third-order valence-electron chi connectivity index (χ3n) is 7.78. The van der Waals surface area contributed by atoms with E-state index in [1.807, 2.05) is 18.9 Å². The predicted molar refractivity (Wildman–Crippen MR) is 161 cm³/mol. The van der Waals surface area contributed by atoms with Gasteiger partial charge in [-0.15, -0.1) is 0 Å². The van der Waals surface area contributed by atoms with Crippen molar-refractivity contribution in [3.8, 4) is 17.2 Å². The van der Waals surface area contributed by atoms with Gasteiger partial charge >= 0.3 is 12.2 Å². The molecule has 240 valence electrons. The summed E-state index contributed by atoms with van der Waals surface area (Å²) in [6, 6.07) is 13.8. The summed E-state index contributed by atoms with van der Waals surface area (Å²) in [6.07, 6.45) is -4.81. The predicted octanol–water partition coefficient (Wildman–Crippen LogP) is 5.43. The lowest BCUT2D eigenvalue weighted by atomic mass is 9.99. The molecular formula is C32H35F3N4O6. The highest BCUT2D eigenvalue weighted by molar-refractivity contribution is 6.02. The molecule has 10 nitrogen and oxygen atoms in total. The molecule has 3 aromatic rings. The molecule has 3 amide bonds. The minimum Gasteiger partial charge on any atom is -0.488 e. The van der Waals surface area contributed by atoms with Crippen LogP contribution in [0, 0.1) is 5.92 Å². The van der Waals surface area contributed by atoms with Crippen molar-refractivity contribution in [2.45, 2.75) is 38.7 Å². The highest BCUT2D eigenvalue weighted by atomic mass is 19.4. The van der Waals surface area contributed by atoms with Crippen molar-refractivity contribution in [1.29, 1.82) is 0 Å². The molecule has 13 heteroatoms. The van der Waals surface area contributed by atoms with Crippen LogP contribution in [0.15, 0.2) is 60.7 Å². The summed E-state index contributed by atoms with van der Waals surface area (Å²) in [4.78, 5) is 30.1. The van der Waals surface area contributed by atoms with Gasteiger partial charge in [0.05, 0.1) is 23.8 Å². The number of amides is 3. The molecule has 5 rings (SSSR count). The van der Waals surface area contributed by atoms with Gasteiger partial charge in [-0.25, -0.2) is 4.79 Å². The van der Waals surface area contributed by atoms with Crippen molar-refractivity contribution in [2.75, 3.05) is 44.2 Å². The Morgan fingerprint density at radius 1 is 1.02 bits per heavy atom. The molecule has 2 aliphatic rings. The number of carbonyl (C=O) groups is 2. The van der Waals surface area contributed by atoms with E-state index in [9.17, 15) is 27.9 Å². The summed E-state index contributed by atoms with van der Waals surface area (Å²) >= 11 is 0. The van der Waals surface area contributed by atoms with Gasteiger partial charge in [0.25, 0.3) is 5.91 Å². The molecule has 3 N–H and O–H groups in total. The molecule has 0 spiro atoms. The van der Waals surface area contributed by atoms with Crippen LogP contribution in [0.1, 0.15) is 35.3 Å². The van der Waals surface area contributed by atoms with Crippen molar-refractivity contribution in [3.63, 3.8) is 0 Å². The molecule has 0 bridgehead atoms. The molecule has 3 aromatic carbocycles. The number of rotatable bonds is 8. The second-order valence-electron chi connectivity index (χ2n) is 11.4. The van der Waals surface area contributed by atoms with Crippen molar-refractivity contribution in [3.05, 3.63) is 77.4 Å². The highest BCUT2D eigenvalue weighted by Crippen LogP contribution is 2.35. The number of anilines is 2. The number of nitrogens with zero attached hydrogens (tertiary/aromatic N) is 2. The number of urea groups is 1. The molecule has 2 heterocycles. The molecule has 3 atom stereocenters. The van der Waals surface area contributed by atoms with Crippen LogP contribution < -0.4 is 24.8 Å². The molecule has 0 saturated carbocycles. The molecule has 0 saturated heterocycles. The van der Waals surface area contributed by atoms with Crippen molar-refractivity contribution in [1.82, 2.24) is 9.80 Å². The van der Waals surface area contributed by atoms with E-state index >= 15 is 0 Å². The molecule has 0 aromatic heterocycles. The fraction of sp³-hybridized carbons (Fsp3) is 0.375. The van der Waals surface area contributed by atoms with Gasteiger partial charge in [0.1, 0.15) is 11.9 Å². The average Bonchev–Trinajstić information content (AvgIpc) is 3.46. The molecule has 0 radical (unpaired) electrons. The Balaban J connectivity index is 1.32.